The van der Waals surface area contributed by atoms with Crippen molar-refractivity contribution in [1.29, 1.82) is 0 Å². The van der Waals surface area contributed by atoms with Crippen molar-refractivity contribution in [3.05, 3.63) is 0 Å². The van der Waals surface area contributed by atoms with Gasteiger partial charge in [-0.15, -0.1) is 0 Å². The zero-order chi connectivity index (χ0) is 5.21. The third-order valence-electron chi connectivity index (χ3n) is 0.332. The molecule has 1 atom stereocenters. The molecule has 0 amide bonds. The molecule has 1 unspecified atom stereocenters. The van der Waals surface area contributed by atoms with E-state index in [1.165, 1.54) is 0 Å². The summed E-state index contributed by atoms with van der Waals surface area (Å²) in [4.78, 5) is 0. The monoisotopic (exact) mass is 205 g/mol. The first kappa shape index (κ1) is 11.4. The van der Waals surface area contributed by atoms with Gasteiger partial charge in [-0.05, 0) is 6.66 Å². The van der Waals surface area contributed by atoms with Crippen LogP contribution in [0.5, 0.6) is 0 Å². The van der Waals surface area contributed by atoms with Crippen molar-refractivity contribution in [3.63, 3.8) is 0 Å². The topological polar surface area (TPSA) is 9.23 Å². The van der Waals surface area contributed by atoms with Crippen LogP contribution in [0.25, 0.3) is 0 Å². The van der Waals surface area contributed by atoms with Crippen molar-refractivity contribution in [1.82, 2.24) is 0 Å². The molecule has 0 saturated carbocycles. The number of hydrogen-bond acceptors (Lipinski definition) is 3. The molecule has 0 aliphatic carbocycles. The van der Waals surface area contributed by atoms with E-state index in [1.54, 1.807) is 13.8 Å². The molecule has 0 N–H and O–H groups in total. The molecule has 0 heterocycles. The van der Waals surface area contributed by atoms with Gasteiger partial charge in [0.1, 0.15) is 0 Å². The summed E-state index contributed by atoms with van der Waals surface area (Å²) in [6, 6.07) is 0. The molecule has 0 fully saturated rings. The van der Waals surface area contributed by atoms with E-state index in [4.69, 9.17) is 0 Å². The van der Waals surface area contributed by atoms with Gasteiger partial charge in [-0.1, -0.05) is 17.3 Å². The molecule has 5 heteroatoms. The first-order chi connectivity index (χ1) is 2.56. The van der Waals surface area contributed by atoms with Gasteiger partial charge in [-0.25, -0.2) is 0 Å². The van der Waals surface area contributed by atoms with Crippen LogP contribution in [0.1, 0.15) is 0 Å². The van der Waals surface area contributed by atoms with Gasteiger partial charge in [0.2, 0.25) is 0 Å². The van der Waals surface area contributed by atoms with Gasteiger partial charge in [-0.3, -0.25) is 0 Å². The van der Waals surface area contributed by atoms with Crippen molar-refractivity contribution in [2.24, 2.45) is 0 Å². The zero-order valence-corrected chi connectivity index (χ0v) is 9.87. The van der Waals surface area contributed by atoms with Gasteiger partial charge >= 0.3 is 0 Å². The number of rotatable bonds is 1. The minimum Gasteiger partial charge on any atom is -0.720 e. The Hall–Kier alpha value is 1.58. The van der Waals surface area contributed by atoms with Crippen molar-refractivity contribution >= 4 is 29.5 Å². The molecule has 0 aliphatic rings. The Morgan fingerprint density at radius 2 is 1.86 bits per heavy atom. The van der Waals surface area contributed by atoms with Gasteiger partial charge in [-0.2, -0.15) is 0 Å². The summed E-state index contributed by atoms with van der Waals surface area (Å²) in [6.07, 6.45) is 0. The molecule has 0 bridgehead atoms. The normalized spacial score (nSPS) is 17.0. The summed E-state index contributed by atoms with van der Waals surface area (Å²) in [7, 11) is 1.55. The largest absolute Gasteiger partial charge is 0.720 e. The fourth-order valence-corrected chi connectivity index (χ4v) is 0. The van der Waals surface area contributed by atoms with Crippen LogP contribution in [0.3, 0.4) is 0 Å². The molecule has 0 aliphatic heterocycles. The molecule has 0 saturated heterocycles. The predicted octanol–water partition coefficient (Wildman–Crippen LogP) is 1.12. The Bertz CT molecular complexity index is 79.8. The first-order valence-electron chi connectivity index (χ1n) is 1.40. The molecule has 0 aromatic rings. The van der Waals surface area contributed by atoms with Crippen molar-refractivity contribution < 1.29 is 24.0 Å². The molecule has 0 radical (unpaired) electrons. The third-order valence-corrected chi connectivity index (χ3v) is 1.89. The minimum atomic E-state index is -1.73. The van der Waals surface area contributed by atoms with Crippen molar-refractivity contribution in [2.75, 3.05) is 13.8 Å². The van der Waals surface area contributed by atoms with Crippen LogP contribution in [0.2, 0.25) is 0 Å². The minimum absolute atomic E-state index is 0. The van der Waals surface area contributed by atoms with E-state index in [2.05, 4.69) is 28.6 Å². The molecular weight excluding hydrogens is 201 g/mol. The van der Waals surface area contributed by atoms with Crippen LogP contribution < -0.4 is 0 Å². The molecule has 0 rings (SSSR count). The average Bonchev–Trinajstić information content (AvgIpc) is 1.35. The van der Waals surface area contributed by atoms with E-state index in [9.17, 15) is 0 Å². The van der Waals surface area contributed by atoms with Gasteiger partial charge < -0.3 is 16.8 Å². The quantitative estimate of drug-likeness (QED) is 0.362. The second-order valence-electron chi connectivity index (χ2n) is 0.954. The van der Waals surface area contributed by atoms with E-state index < -0.39 is 5.47 Å². The summed E-state index contributed by atoms with van der Waals surface area (Å²) in [5.74, 6) is 0. The molecule has 1 nitrogen and oxygen atoms in total. The van der Waals surface area contributed by atoms with Crippen molar-refractivity contribution in [3.8, 4) is 0 Å². The molecule has 7 heavy (non-hydrogen) atoms. The van der Waals surface area contributed by atoms with Gasteiger partial charge in [0.05, 0.1) is 0 Å². The Balaban J connectivity index is 0. The smallest absolute Gasteiger partial charge is 0.0382 e. The first-order valence-corrected chi connectivity index (χ1v) is 5.58. The molecule has 40 valence electrons. The Morgan fingerprint density at radius 3 is 1.86 bits per heavy atom. The van der Waals surface area contributed by atoms with Gasteiger partial charge in [0.25, 0.3) is 0 Å². The predicted molar refractivity (Wildman–Crippen MR) is 34.6 cm³/mol. The maximum Gasteiger partial charge on any atom is 0.0382 e. The van der Waals surface area contributed by atoms with Crippen LogP contribution >= 0.6 is 5.47 Å². The van der Waals surface area contributed by atoms with Crippen LogP contribution in [0.15, 0.2) is 0 Å². The van der Waals surface area contributed by atoms with Crippen LogP contribution in [0, 0.1) is 0 Å². The Labute approximate surface area is 67.2 Å². The summed E-state index contributed by atoms with van der Waals surface area (Å²) >= 11 is 9.38. The van der Waals surface area contributed by atoms with Crippen LogP contribution in [0.4, 0.5) is 0 Å². The molecule has 0 spiro atoms. The van der Waals surface area contributed by atoms with Crippen molar-refractivity contribution in [2.45, 2.75) is 0 Å². The van der Waals surface area contributed by atoms with Gasteiger partial charge in [0.15, 0.2) is 0 Å². The average molecular weight is 207 g/mol. The molecule has 0 aromatic heterocycles. The Kier molecular flexibility index (Phi) is 7.26. The zero-order valence-electron chi connectivity index (χ0n) is 4.38. The van der Waals surface area contributed by atoms with Gasteiger partial charge in [0, 0.05) is 26.6 Å². The Morgan fingerprint density at radius 1 is 1.71 bits per heavy atom. The van der Waals surface area contributed by atoms with E-state index in [0.29, 0.717) is 0 Å². The molecular formula is C2H6OPS2Zn-. The summed E-state index contributed by atoms with van der Waals surface area (Å²) in [6.45, 7) is 1.76. The summed E-state index contributed by atoms with van der Waals surface area (Å²) in [5, 5.41) is 0. The maximum atomic E-state index is 4.69. The fourth-order valence-electron chi connectivity index (χ4n) is 0. The van der Waals surface area contributed by atoms with Crippen LogP contribution in [-0.2, 0) is 48.1 Å². The van der Waals surface area contributed by atoms with Crippen LogP contribution in [-0.4, -0.2) is 13.8 Å². The van der Waals surface area contributed by atoms with E-state index in [0.717, 1.165) is 0 Å². The third kappa shape index (κ3) is 11.3. The maximum absolute atomic E-state index is 4.69. The molecule has 0 aromatic carbocycles. The second kappa shape index (κ2) is 4.46. The van der Waals surface area contributed by atoms with E-state index >= 15 is 0 Å². The summed E-state index contributed by atoms with van der Waals surface area (Å²) < 4.78 is 4.68. The summed E-state index contributed by atoms with van der Waals surface area (Å²) in [5.41, 5.74) is -1.73. The van der Waals surface area contributed by atoms with E-state index in [-0.39, 0.29) is 19.5 Å². The SMILES string of the molecule is COP(C)(=S)[S-].[Zn]. The fraction of sp³-hybridized carbons (Fsp3) is 1.00. The second-order valence-corrected chi connectivity index (χ2v) is 7.74. The number of hydrogen-bond donors (Lipinski definition) is 0. The van der Waals surface area contributed by atoms with E-state index in [1.807, 2.05) is 0 Å². The standard InChI is InChI=1S/C2H7OPS2.Zn/c1-3-4(2,5)6;/h1-2H3,(H,5,6);/p-1.